The van der Waals surface area contributed by atoms with Gasteiger partial charge in [-0.1, -0.05) is 17.9 Å². The predicted molar refractivity (Wildman–Crippen MR) is 98.3 cm³/mol. The smallest absolute Gasteiger partial charge is 0.255 e. The first-order valence-electron chi connectivity index (χ1n) is 9.27. The van der Waals surface area contributed by atoms with Gasteiger partial charge in [-0.3, -0.25) is 4.79 Å². The molecule has 1 aliphatic heterocycles. The monoisotopic (exact) mass is 373 g/mol. The van der Waals surface area contributed by atoms with E-state index < -0.39 is 23.9 Å². The lowest BCUT2D eigenvalue weighted by Gasteiger charge is -2.34. The molecule has 1 unspecified atom stereocenters. The molecule has 3 rings (SSSR count). The van der Waals surface area contributed by atoms with Crippen LogP contribution in [0.2, 0.25) is 0 Å². The van der Waals surface area contributed by atoms with E-state index in [-0.39, 0.29) is 0 Å². The fourth-order valence-electron chi connectivity index (χ4n) is 3.26. The molecular weight excluding hydrogens is 349 g/mol. The van der Waals surface area contributed by atoms with Crippen LogP contribution in [0, 0.1) is 17.8 Å². The number of hydrogen-bond donors (Lipinski definition) is 3. The highest BCUT2D eigenvalue weighted by Gasteiger charge is 2.37. The van der Waals surface area contributed by atoms with Gasteiger partial charge in [0.1, 0.15) is 6.17 Å². The molecule has 2 aliphatic rings. The molecule has 0 aromatic heterocycles. The Hall–Kier alpha value is -2.20. The Morgan fingerprint density at radius 1 is 1.15 bits per heavy atom. The number of rotatable bonds is 3. The minimum Gasteiger partial charge on any atom is -0.381 e. The number of amides is 1. The second-order valence-electron chi connectivity index (χ2n) is 6.95. The van der Waals surface area contributed by atoms with E-state index in [1.54, 1.807) is 24.3 Å². The summed E-state index contributed by atoms with van der Waals surface area (Å²) in [5.41, 5.74) is 1.47. The Bertz CT molecular complexity index is 755. The summed E-state index contributed by atoms with van der Waals surface area (Å²) in [5.74, 6) is 2.44. The van der Waals surface area contributed by atoms with E-state index in [0.29, 0.717) is 49.2 Å². The molecule has 0 saturated carbocycles. The average Bonchev–Trinajstić information content (AvgIpc) is 2.68. The van der Waals surface area contributed by atoms with Crippen LogP contribution in [0.25, 0.3) is 0 Å². The summed E-state index contributed by atoms with van der Waals surface area (Å²) in [4.78, 5) is 12.3. The molecule has 1 aromatic rings. The van der Waals surface area contributed by atoms with Crippen molar-refractivity contribution in [2.75, 3.05) is 13.2 Å². The number of alkyl halides is 1. The van der Waals surface area contributed by atoms with Gasteiger partial charge in [-0.25, -0.2) is 4.39 Å². The van der Waals surface area contributed by atoms with Crippen LogP contribution < -0.4 is 5.32 Å². The first-order valence-corrected chi connectivity index (χ1v) is 9.27. The zero-order valence-electron chi connectivity index (χ0n) is 15.1. The van der Waals surface area contributed by atoms with Crippen LogP contribution in [0.1, 0.15) is 48.0 Å². The van der Waals surface area contributed by atoms with Gasteiger partial charge < -0.3 is 20.3 Å². The van der Waals surface area contributed by atoms with Gasteiger partial charge in [-0.05, 0) is 56.4 Å². The highest BCUT2D eigenvalue weighted by molar-refractivity contribution is 5.94. The summed E-state index contributed by atoms with van der Waals surface area (Å²) < 4.78 is 18.9. The number of ether oxygens (including phenoxy) is 1. The molecule has 5 nitrogen and oxygen atoms in total. The summed E-state index contributed by atoms with van der Waals surface area (Å²) in [6.45, 7) is 0.875. The number of carbonyl (C=O) groups is 1. The van der Waals surface area contributed by atoms with Gasteiger partial charge in [0, 0.05) is 35.8 Å². The number of allylic oxidation sites excluding steroid dienone is 2. The quantitative estimate of drug-likeness (QED) is 0.561. The number of carbonyl (C=O) groups excluding carboxylic acids is 1. The van der Waals surface area contributed by atoms with Crippen molar-refractivity contribution in [3.8, 4) is 11.8 Å². The van der Waals surface area contributed by atoms with Crippen LogP contribution in [-0.4, -0.2) is 41.4 Å². The van der Waals surface area contributed by atoms with Crippen molar-refractivity contribution in [2.45, 2.75) is 44.2 Å². The van der Waals surface area contributed by atoms with Crippen LogP contribution in [0.4, 0.5) is 4.39 Å². The van der Waals surface area contributed by atoms with Crippen LogP contribution >= 0.6 is 0 Å². The maximum absolute atomic E-state index is 13.8. The standard InChI is InChI=1S/C21H24FNO4/c22-19-4-2-1-3-16(19)8-5-15-6-9-17(10-7-15)20(24)23-21(25,26)18-11-13-27-14-12-18/h3,6-7,9-10,18-19,25-26H,1-2,4,11-14H2,(H,23,24). The van der Waals surface area contributed by atoms with Crippen molar-refractivity contribution in [3.63, 3.8) is 0 Å². The van der Waals surface area contributed by atoms with Gasteiger partial charge in [-0.15, -0.1) is 0 Å². The minimum atomic E-state index is -2.27. The second-order valence-corrected chi connectivity index (χ2v) is 6.95. The Kier molecular flexibility index (Phi) is 6.27. The van der Waals surface area contributed by atoms with Crippen molar-refractivity contribution < 1.29 is 24.1 Å². The number of hydrogen-bond acceptors (Lipinski definition) is 4. The molecule has 1 amide bonds. The van der Waals surface area contributed by atoms with Crippen LogP contribution in [0.15, 0.2) is 35.9 Å². The van der Waals surface area contributed by atoms with E-state index in [2.05, 4.69) is 17.2 Å². The van der Waals surface area contributed by atoms with Crippen molar-refractivity contribution in [2.24, 2.45) is 5.92 Å². The molecule has 3 N–H and O–H groups in total. The third-order valence-corrected chi connectivity index (χ3v) is 4.95. The van der Waals surface area contributed by atoms with Gasteiger partial charge in [0.25, 0.3) is 5.91 Å². The van der Waals surface area contributed by atoms with Crippen molar-refractivity contribution in [3.05, 3.63) is 47.0 Å². The first kappa shape index (κ1) is 19.6. The van der Waals surface area contributed by atoms with Crippen molar-refractivity contribution in [1.82, 2.24) is 5.32 Å². The van der Waals surface area contributed by atoms with Gasteiger partial charge >= 0.3 is 0 Å². The molecule has 1 aliphatic carbocycles. The zero-order valence-corrected chi connectivity index (χ0v) is 15.1. The third kappa shape index (κ3) is 5.16. The Labute approximate surface area is 158 Å². The average molecular weight is 373 g/mol. The largest absolute Gasteiger partial charge is 0.381 e. The van der Waals surface area contributed by atoms with E-state index in [4.69, 9.17) is 4.74 Å². The molecule has 1 aromatic carbocycles. The summed E-state index contributed by atoms with van der Waals surface area (Å²) in [6, 6.07) is 6.43. The number of benzene rings is 1. The summed E-state index contributed by atoms with van der Waals surface area (Å²) in [6.07, 6.45) is 3.98. The van der Waals surface area contributed by atoms with Gasteiger partial charge in [0.05, 0.1) is 0 Å². The normalized spacial score (nSPS) is 21.0. The maximum Gasteiger partial charge on any atom is 0.255 e. The Morgan fingerprint density at radius 2 is 1.85 bits per heavy atom. The van der Waals surface area contributed by atoms with Gasteiger partial charge in [-0.2, -0.15) is 0 Å². The van der Waals surface area contributed by atoms with E-state index in [0.717, 1.165) is 12.8 Å². The number of halogens is 1. The SMILES string of the molecule is O=C(NC(O)(O)C1CCOCC1)c1ccc(C#CC2=CCCCC2F)cc1. The highest BCUT2D eigenvalue weighted by Crippen LogP contribution is 2.24. The van der Waals surface area contributed by atoms with E-state index in [1.807, 2.05) is 6.08 Å². The fourth-order valence-corrected chi connectivity index (χ4v) is 3.26. The molecule has 144 valence electrons. The van der Waals surface area contributed by atoms with Crippen molar-refractivity contribution >= 4 is 5.91 Å². The summed E-state index contributed by atoms with van der Waals surface area (Å²) >= 11 is 0. The predicted octanol–water partition coefficient (Wildman–Crippen LogP) is 2.28. The van der Waals surface area contributed by atoms with Crippen LogP contribution in [0.5, 0.6) is 0 Å². The molecule has 1 saturated heterocycles. The van der Waals surface area contributed by atoms with Crippen LogP contribution in [-0.2, 0) is 4.74 Å². The lowest BCUT2D eigenvalue weighted by Crippen LogP contribution is -2.55. The molecule has 0 radical (unpaired) electrons. The lowest BCUT2D eigenvalue weighted by atomic mass is 9.95. The first-order chi connectivity index (χ1) is 13.0. The Balaban J connectivity index is 1.63. The molecule has 27 heavy (non-hydrogen) atoms. The summed E-state index contributed by atoms with van der Waals surface area (Å²) in [7, 11) is 0. The maximum atomic E-state index is 13.8. The third-order valence-electron chi connectivity index (χ3n) is 4.95. The number of aliphatic hydroxyl groups is 2. The molecule has 0 spiro atoms. The molecular formula is C21H24FNO4. The van der Waals surface area contributed by atoms with E-state index in [1.165, 1.54) is 0 Å². The summed E-state index contributed by atoms with van der Waals surface area (Å²) in [5, 5.41) is 22.6. The Morgan fingerprint density at radius 3 is 2.52 bits per heavy atom. The molecule has 6 heteroatoms. The van der Waals surface area contributed by atoms with Crippen LogP contribution in [0.3, 0.4) is 0 Å². The lowest BCUT2D eigenvalue weighted by molar-refractivity contribution is -0.228. The second kappa shape index (κ2) is 8.66. The molecule has 1 heterocycles. The fraction of sp³-hybridized carbons (Fsp3) is 0.476. The molecule has 1 fully saturated rings. The van der Waals surface area contributed by atoms with Gasteiger partial charge in [0.15, 0.2) is 0 Å². The van der Waals surface area contributed by atoms with E-state index in [9.17, 15) is 19.4 Å². The number of nitrogens with one attached hydrogen (secondary N) is 1. The molecule has 1 atom stereocenters. The van der Waals surface area contributed by atoms with Crippen molar-refractivity contribution in [1.29, 1.82) is 0 Å². The van der Waals surface area contributed by atoms with Gasteiger partial charge in [0.2, 0.25) is 5.91 Å². The topological polar surface area (TPSA) is 78.8 Å². The highest BCUT2D eigenvalue weighted by atomic mass is 19.1. The molecule has 0 bridgehead atoms. The van der Waals surface area contributed by atoms with E-state index >= 15 is 0 Å². The minimum absolute atomic E-state index is 0.292. The zero-order chi connectivity index (χ0) is 19.3.